The number of hydrogen-bond donors (Lipinski definition) is 2. The van der Waals surface area contributed by atoms with E-state index in [9.17, 15) is 4.79 Å². The molecule has 0 spiro atoms. The summed E-state index contributed by atoms with van der Waals surface area (Å²) in [6.45, 7) is 4.08. The lowest BCUT2D eigenvalue weighted by Gasteiger charge is -2.33. The summed E-state index contributed by atoms with van der Waals surface area (Å²) in [5.74, 6) is -0.262. The van der Waals surface area contributed by atoms with Gasteiger partial charge in [0.15, 0.2) is 0 Å². The Morgan fingerprint density at radius 3 is 2.65 bits per heavy atom. The van der Waals surface area contributed by atoms with Gasteiger partial charge >= 0.3 is 5.97 Å². The normalized spacial score (nSPS) is 28.6. The predicted molar refractivity (Wildman–Crippen MR) is 67.1 cm³/mol. The van der Waals surface area contributed by atoms with Crippen LogP contribution in [0.3, 0.4) is 0 Å². The monoisotopic (exact) mass is 243 g/mol. The van der Waals surface area contributed by atoms with Gasteiger partial charge in [0, 0.05) is 0 Å². The molecular formula is C13H25NO3. The van der Waals surface area contributed by atoms with Crippen LogP contribution in [0.5, 0.6) is 0 Å². The van der Waals surface area contributed by atoms with E-state index >= 15 is 0 Å². The zero-order valence-electron chi connectivity index (χ0n) is 11.2. The van der Waals surface area contributed by atoms with E-state index in [2.05, 4.69) is 12.2 Å². The number of aliphatic carboxylic acids is 1. The lowest BCUT2D eigenvalue weighted by atomic mass is 9.84. The fourth-order valence-corrected chi connectivity index (χ4v) is 2.37. The van der Waals surface area contributed by atoms with E-state index in [1.807, 2.05) is 0 Å². The summed E-state index contributed by atoms with van der Waals surface area (Å²) in [4.78, 5) is 11.1. The van der Waals surface area contributed by atoms with Crippen molar-refractivity contribution in [3.8, 4) is 0 Å². The summed E-state index contributed by atoms with van der Waals surface area (Å²) in [5.41, 5.74) is -0.976. The summed E-state index contributed by atoms with van der Waals surface area (Å²) in [6.07, 6.45) is 6.11. The quantitative estimate of drug-likeness (QED) is 0.749. The highest BCUT2D eigenvalue weighted by Gasteiger charge is 2.34. The number of likely N-dealkylation sites (N-methyl/N-ethyl adjacent to an activating group) is 1. The molecule has 0 radical (unpaired) electrons. The molecule has 2 N–H and O–H groups in total. The maximum absolute atomic E-state index is 11.1. The Morgan fingerprint density at radius 2 is 2.12 bits per heavy atom. The zero-order valence-corrected chi connectivity index (χ0v) is 11.2. The standard InChI is InChI=1S/C13H25NO3/c1-4-10-7-5-6-8-11(10)17-9-13(2,14-3)12(15)16/h10-11,14H,4-9H2,1-3H3,(H,15,16). The molecule has 0 aromatic rings. The Kier molecular flexibility index (Phi) is 5.40. The summed E-state index contributed by atoms with van der Waals surface area (Å²) in [6, 6.07) is 0. The van der Waals surface area contributed by atoms with Gasteiger partial charge in [0.25, 0.3) is 0 Å². The minimum Gasteiger partial charge on any atom is -0.480 e. The third-order valence-electron chi connectivity index (χ3n) is 3.97. The highest BCUT2D eigenvalue weighted by molar-refractivity contribution is 5.78. The lowest BCUT2D eigenvalue weighted by Crippen LogP contribution is -2.52. The molecule has 1 aliphatic rings. The average molecular weight is 243 g/mol. The van der Waals surface area contributed by atoms with Crippen LogP contribution >= 0.6 is 0 Å². The van der Waals surface area contributed by atoms with Gasteiger partial charge in [-0.05, 0) is 32.7 Å². The van der Waals surface area contributed by atoms with E-state index in [0.717, 1.165) is 12.8 Å². The third kappa shape index (κ3) is 3.68. The van der Waals surface area contributed by atoms with Crippen molar-refractivity contribution in [1.29, 1.82) is 0 Å². The van der Waals surface area contributed by atoms with Crippen LogP contribution < -0.4 is 5.32 Å². The molecule has 3 unspecified atom stereocenters. The van der Waals surface area contributed by atoms with E-state index in [0.29, 0.717) is 5.92 Å². The van der Waals surface area contributed by atoms with Crippen molar-refractivity contribution in [3.05, 3.63) is 0 Å². The molecule has 4 heteroatoms. The second-order valence-electron chi connectivity index (χ2n) is 5.19. The first kappa shape index (κ1) is 14.5. The molecule has 0 aromatic heterocycles. The second-order valence-corrected chi connectivity index (χ2v) is 5.19. The summed E-state index contributed by atoms with van der Waals surface area (Å²) in [7, 11) is 1.66. The van der Waals surface area contributed by atoms with E-state index in [1.54, 1.807) is 14.0 Å². The Labute approximate surface area is 104 Å². The Balaban J connectivity index is 2.50. The smallest absolute Gasteiger partial charge is 0.326 e. The van der Waals surface area contributed by atoms with Crippen molar-refractivity contribution in [2.24, 2.45) is 5.92 Å². The molecule has 0 aromatic carbocycles. The summed E-state index contributed by atoms with van der Waals surface area (Å²) < 4.78 is 5.86. The van der Waals surface area contributed by atoms with Crippen LogP contribution in [0.25, 0.3) is 0 Å². The van der Waals surface area contributed by atoms with Gasteiger partial charge < -0.3 is 15.2 Å². The highest BCUT2D eigenvalue weighted by Crippen LogP contribution is 2.29. The fraction of sp³-hybridized carbons (Fsp3) is 0.923. The second kappa shape index (κ2) is 6.36. The van der Waals surface area contributed by atoms with E-state index in [1.165, 1.54) is 19.3 Å². The third-order valence-corrected chi connectivity index (χ3v) is 3.97. The molecule has 1 aliphatic carbocycles. The van der Waals surface area contributed by atoms with Crippen LogP contribution in [0.1, 0.15) is 46.0 Å². The fourth-order valence-electron chi connectivity index (χ4n) is 2.37. The molecule has 17 heavy (non-hydrogen) atoms. The van der Waals surface area contributed by atoms with Gasteiger partial charge in [0.2, 0.25) is 0 Å². The van der Waals surface area contributed by atoms with Gasteiger partial charge in [-0.3, -0.25) is 4.79 Å². The summed E-state index contributed by atoms with van der Waals surface area (Å²) in [5, 5.41) is 12.0. The lowest BCUT2D eigenvalue weighted by molar-refractivity contribution is -0.148. The van der Waals surface area contributed by atoms with Crippen molar-refractivity contribution in [3.63, 3.8) is 0 Å². The van der Waals surface area contributed by atoms with Crippen LogP contribution in [0.15, 0.2) is 0 Å². The van der Waals surface area contributed by atoms with Gasteiger partial charge in [-0.25, -0.2) is 0 Å². The van der Waals surface area contributed by atoms with Gasteiger partial charge in [0.05, 0.1) is 12.7 Å². The van der Waals surface area contributed by atoms with Gasteiger partial charge in [0.1, 0.15) is 5.54 Å². The number of ether oxygens (including phenoxy) is 1. The largest absolute Gasteiger partial charge is 0.480 e. The van der Waals surface area contributed by atoms with Crippen molar-refractivity contribution in [1.82, 2.24) is 5.32 Å². The maximum Gasteiger partial charge on any atom is 0.326 e. The first-order valence-electron chi connectivity index (χ1n) is 6.57. The number of nitrogens with one attached hydrogen (secondary N) is 1. The molecule has 1 rings (SSSR count). The molecule has 0 aliphatic heterocycles. The number of carbonyl (C=O) groups is 1. The minimum absolute atomic E-state index is 0.236. The highest BCUT2D eigenvalue weighted by atomic mass is 16.5. The van der Waals surface area contributed by atoms with E-state index < -0.39 is 11.5 Å². The molecule has 1 saturated carbocycles. The topological polar surface area (TPSA) is 58.6 Å². The average Bonchev–Trinajstić information content (AvgIpc) is 2.36. The van der Waals surface area contributed by atoms with E-state index in [-0.39, 0.29) is 12.7 Å². The van der Waals surface area contributed by atoms with Crippen LogP contribution in [-0.2, 0) is 9.53 Å². The van der Waals surface area contributed by atoms with E-state index in [4.69, 9.17) is 9.84 Å². The maximum atomic E-state index is 11.1. The molecule has 0 bridgehead atoms. The van der Waals surface area contributed by atoms with Gasteiger partial charge in [-0.15, -0.1) is 0 Å². The Hall–Kier alpha value is -0.610. The summed E-state index contributed by atoms with van der Waals surface area (Å²) >= 11 is 0. The van der Waals surface area contributed by atoms with Gasteiger partial charge in [-0.2, -0.15) is 0 Å². The first-order chi connectivity index (χ1) is 8.03. The van der Waals surface area contributed by atoms with Crippen molar-refractivity contribution < 1.29 is 14.6 Å². The van der Waals surface area contributed by atoms with Crippen molar-refractivity contribution in [2.75, 3.05) is 13.7 Å². The number of hydrogen-bond acceptors (Lipinski definition) is 3. The molecule has 100 valence electrons. The minimum atomic E-state index is -0.976. The molecular weight excluding hydrogens is 218 g/mol. The molecule has 4 nitrogen and oxygen atoms in total. The van der Waals surface area contributed by atoms with Crippen molar-refractivity contribution in [2.45, 2.75) is 57.6 Å². The Morgan fingerprint density at radius 1 is 1.47 bits per heavy atom. The van der Waals surface area contributed by atoms with Crippen molar-refractivity contribution >= 4 is 5.97 Å². The first-order valence-corrected chi connectivity index (χ1v) is 6.57. The van der Waals surface area contributed by atoms with Crippen LogP contribution in [-0.4, -0.2) is 36.4 Å². The zero-order chi connectivity index (χ0) is 12.9. The molecule has 1 fully saturated rings. The van der Waals surface area contributed by atoms with Crippen LogP contribution in [0.2, 0.25) is 0 Å². The van der Waals surface area contributed by atoms with Crippen LogP contribution in [0, 0.1) is 5.92 Å². The Bertz CT molecular complexity index is 257. The predicted octanol–water partition coefficient (Wildman–Crippen LogP) is 2.03. The van der Waals surface area contributed by atoms with Crippen LogP contribution in [0.4, 0.5) is 0 Å². The van der Waals surface area contributed by atoms with Gasteiger partial charge in [-0.1, -0.05) is 26.2 Å². The molecule has 0 saturated heterocycles. The number of carboxylic acids is 1. The number of rotatable bonds is 6. The molecule has 0 amide bonds. The number of carboxylic acid groups (broad SMARTS) is 1. The molecule has 0 heterocycles. The molecule has 3 atom stereocenters. The SMILES string of the molecule is CCC1CCCCC1OCC(C)(NC)C(=O)O.